The van der Waals surface area contributed by atoms with Crippen molar-refractivity contribution in [3.8, 4) is 0 Å². The summed E-state index contributed by atoms with van der Waals surface area (Å²) in [6, 6.07) is 8.11. The molecule has 0 N–H and O–H groups in total. The molecule has 0 radical (unpaired) electrons. The first-order valence-electron chi connectivity index (χ1n) is 6.45. The molecule has 0 heterocycles. The van der Waals surface area contributed by atoms with Crippen LogP contribution in [0.5, 0.6) is 0 Å². The van der Waals surface area contributed by atoms with E-state index in [1.54, 1.807) is 6.92 Å². The number of benzene rings is 1. The maximum Gasteiger partial charge on any atom is 0.160 e. The van der Waals surface area contributed by atoms with E-state index in [0.717, 1.165) is 5.56 Å². The van der Waals surface area contributed by atoms with Crippen LogP contribution >= 0.6 is 7.92 Å². The van der Waals surface area contributed by atoms with E-state index in [2.05, 4.69) is 53.7 Å². The third-order valence-electron chi connectivity index (χ3n) is 2.87. The first kappa shape index (κ1) is 15.4. The fourth-order valence-electron chi connectivity index (χ4n) is 2.70. The lowest BCUT2D eigenvalue weighted by atomic mass is 10.1. The molecule has 0 aliphatic rings. The Morgan fingerprint density at radius 3 is 1.78 bits per heavy atom. The minimum atomic E-state index is -0.412. The van der Waals surface area contributed by atoms with Crippen LogP contribution in [0.15, 0.2) is 24.3 Å². The molecule has 18 heavy (non-hydrogen) atoms. The Labute approximate surface area is 113 Å². The van der Waals surface area contributed by atoms with E-state index in [1.807, 2.05) is 12.1 Å². The molecular weight excluding hydrogens is 239 g/mol. The molecule has 1 aromatic carbocycles. The average molecular weight is 264 g/mol. The van der Waals surface area contributed by atoms with Crippen LogP contribution < -0.4 is 5.30 Å². The highest BCUT2D eigenvalue weighted by Gasteiger charge is 2.37. The molecule has 0 unspecified atom stereocenters. The van der Waals surface area contributed by atoms with Crippen molar-refractivity contribution in [1.82, 2.24) is 0 Å². The van der Waals surface area contributed by atoms with E-state index in [4.69, 9.17) is 0 Å². The molecule has 0 aliphatic heterocycles. The minimum absolute atomic E-state index is 0.173. The lowest BCUT2D eigenvalue weighted by molar-refractivity contribution is 0.101. The van der Waals surface area contributed by atoms with Crippen molar-refractivity contribution < 1.29 is 4.79 Å². The van der Waals surface area contributed by atoms with Crippen molar-refractivity contribution in [3.05, 3.63) is 29.8 Å². The number of ketones is 1. The number of hydrogen-bond acceptors (Lipinski definition) is 1. The number of Topliss-reactive ketones (excluding diaryl/α,β-unsaturated/α-hetero) is 1. The first-order valence-corrected chi connectivity index (χ1v) is 7.79. The highest BCUT2D eigenvalue weighted by Crippen LogP contribution is 2.58. The van der Waals surface area contributed by atoms with Gasteiger partial charge < -0.3 is 0 Å². The fraction of sp³-hybridized carbons (Fsp3) is 0.562. The van der Waals surface area contributed by atoms with Gasteiger partial charge in [-0.25, -0.2) is 0 Å². The van der Waals surface area contributed by atoms with Gasteiger partial charge in [0.05, 0.1) is 0 Å². The lowest BCUT2D eigenvalue weighted by Crippen LogP contribution is -2.33. The van der Waals surface area contributed by atoms with Crippen LogP contribution in [0.3, 0.4) is 0 Å². The molecule has 0 amide bonds. The second kappa shape index (κ2) is 5.13. The van der Waals surface area contributed by atoms with Crippen molar-refractivity contribution in [1.29, 1.82) is 0 Å². The summed E-state index contributed by atoms with van der Waals surface area (Å²) in [4.78, 5) is 11.8. The molecular formula is C16H25OP. The van der Waals surface area contributed by atoms with E-state index >= 15 is 0 Å². The van der Waals surface area contributed by atoms with Gasteiger partial charge in [-0.2, -0.15) is 0 Å². The van der Waals surface area contributed by atoms with Gasteiger partial charge in [0, 0.05) is 5.56 Å². The van der Waals surface area contributed by atoms with Gasteiger partial charge in [0.1, 0.15) is 0 Å². The van der Waals surface area contributed by atoms with Gasteiger partial charge in [0.2, 0.25) is 0 Å². The maximum atomic E-state index is 11.8. The number of hydrogen-bond donors (Lipinski definition) is 0. The van der Waals surface area contributed by atoms with Gasteiger partial charge in [-0.1, -0.05) is 73.7 Å². The quantitative estimate of drug-likeness (QED) is 0.564. The van der Waals surface area contributed by atoms with Gasteiger partial charge in [-0.3, -0.25) is 4.79 Å². The maximum absolute atomic E-state index is 11.8. The minimum Gasteiger partial charge on any atom is -0.294 e. The zero-order chi connectivity index (χ0) is 14.1. The van der Waals surface area contributed by atoms with Crippen molar-refractivity contribution in [3.63, 3.8) is 0 Å². The van der Waals surface area contributed by atoms with Crippen LogP contribution in [0, 0.1) is 0 Å². The van der Waals surface area contributed by atoms with Crippen LogP contribution in [0.2, 0.25) is 0 Å². The van der Waals surface area contributed by atoms with Gasteiger partial charge in [-0.05, 0) is 22.5 Å². The molecule has 0 saturated heterocycles. The number of carbonyl (C=O) groups excluding carboxylic acids is 1. The van der Waals surface area contributed by atoms with Crippen LogP contribution in [0.25, 0.3) is 0 Å². The van der Waals surface area contributed by atoms with Crippen molar-refractivity contribution in [2.24, 2.45) is 0 Å². The zero-order valence-electron chi connectivity index (χ0n) is 12.7. The molecule has 1 aromatic rings. The average Bonchev–Trinajstić information content (AvgIpc) is 2.13. The molecule has 0 bridgehead atoms. The van der Waals surface area contributed by atoms with Crippen molar-refractivity contribution in [2.45, 2.75) is 58.8 Å². The fourth-order valence-corrected chi connectivity index (χ4v) is 6.86. The molecule has 0 fully saturated rings. The number of carbonyl (C=O) groups is 1. The summed E-state index contributed by atoms with van der Waals surface area (Å²) >= 11 is 0. The predicted octanol–water partition coefficient (Wildman–Crippen LogP) is 4.59. The van der Waals surface area contributed by atoms with Gasteiger partial charge in [0.15, 0.2) is 5.78 Å². The van der Waals surface area contributed by atoms with Crippen LogP contribution in [0.4, 0.5) is 0 Å². The lowest BCUT2D eigenvalue weighted by Gasteiger charge is -2.42. The molecule has 1 rings (SSSR count). The van der Waals surface area contributed by atoms with E-state index in [9.17, 15) is 4.79 Å². The van der Waals surface area contributed by atoms with Crippen molar-refractivity contribution >= 4 is 19.0 Å². The highest BCUT2D eigenvalue weighted by molar-refractivity contribution is 7.68. The standard InChI is InChI=1S/C16H25OP/c1-12(17)13-10-8-9-11-14(13)18(15(2,3)4)16(5,6)7/h8-11H,1-7H3. The van der Waals surface area contributed by atoms with E-state index in [1.165, 1.54) is 5.30 Å². The summed E-state index contributed by atoms with van der Waals surface area (Å²) < 4.78 is 0. The number of rotatable bonds is 2. The molecule has 2 heteroatoms. The van der Waals surface area contributed by atoms with E-state index in [0.29, 0.717) is 0 Å². The summed E-state index contributed by atoms with van der Waals surface area (Å²) in [7, 11) is -0.412. The first-order chi connectivity index (χ1) is 8.05. The Morgan fingerprint density at radius 1 is 0.944 bits per heavy atom. The summed E-state index contributed by atoms with van der Waals surface area (Å²) in [5.74, 6) is 0.173. The normalized spacial score (nSPS) is 12.9. The van der Waals surface area contributed by atoms with Crippen molar-refractivity contribution in [2.75, 3.05) is 0 Å². The topological polar surface area (TPSA) is 17.1 Å². The van der Waals surface area contributed by atoms with E-state index < -0.39 is 7.92 Å². The predicted molar refractivity (Wildman–Crippen MR) is 82.5 cm³/mol. The summed E-state index contributed by atoms with van der Waals surface area (Å²) in [6.45, 7) is 15.3. The second-order valence-corrected chi connectivity index (χ2v) is 10.6. The van der Waals surface area contributed by atoms with Crippen LogP contribution in [-0.4, -0.2) is 16.1 Å². The Hall–Kier alpha value is -0.680. The smallest absolute Gasteiger partial charge is 0.160 e. The monoisotopic (exact) mass is 264 g/mol. The second-order valence-electron chi connectivity index (χ2n) is 6.75. The Kier molecular flexibility index (Phi) is 4.38. The molecule has 0 saturated carbocycles. The van der Waals surface area contributed by atoms with Gasteiger partial charge in [-0.15, -0.1) is 0 Å². The third-order valence-corrected chi connectivity index (χ3v) is 6.42. The molecule has 0 spiro atoms. The highest BCUT2D eigenvalue weighted by atomic mass is 31.1. The largest absolute Gasteiger partial charge is 0.294 e. The zero-order valence-corrected chi connectivity index (χ0v) is 13.6. The van der Waals surface area contributed by atoms with Gasteiger partial charge in [0.25, 0.3) is 0 Å². The summed E-state index contributed by atoms with van der Waals surface area (Å²) in [6.07, 6.45) is 0. The molecule has 0 aromatic heterocycles. The molecule has 1 nitrogen and oxygen atoms in total. The summed E-state index contributed by atoms with van der Waals surface area (Å²) in [5, 5.41) is 1.64. The molecule has 0 atom stereocenters. The SMILES string of the molecule is CC(=O)c1ccccc1P(C(C)(C)C)C(C)(C)C. The Morgan fingerprint density at radius 2 is 1.39 bits per heavy atom. The van der Waals surface area contributed by atoms with Gasteiger partial charge >= 0.3 is 0 Å². The van der Waals surface area contributed by atoms with Crippen LogP contribution in [0.1, 0.15) is 58.8 Å². The van der Waals surface area contributed by atoms with E-state index in [-0.39, 0.29) is 16.1 Å². The molecule has 100 valence electrons. The Bertz CT molecular complexity index is 421. The Balaban J connectivity index is 3.45. The third kappa shape index (κ3) is 3.42. The molecule has 0 aliphatic carbocycles. The summed E-state index contributed by atoms with van der Waals surface area (Å²) in [5.41, 5.74) is 0.897. The van der Waals surface area contributed by atoms with Crippen LogP contribution in [-0.2, 0) is 0 Å².